The molecule has 0 spiro atoms. The van der Waals surface area contributed by atoms with Crippen LogP contribution in [0.15, 0.2) is 36.5 Å². The van der Waals surface area contributed by atoms with E-state index in [1.54, 1.807) is 0 Å². The van der Waals surface area contributed by atoms with Crippen LogP contribution in [-0.2, 0) is 21.1 Å². The summed E-state index contributed by atoms with van der Waals surface area (Å²) in [5.41, 5.74) is 0. The Morgan fingerprint density at radius 1 is 0.769 bits per heavy atom. The summed E-state index contributed by atoms with van der Waals surface area (Å²) in [4.78, 5) is 0. The average Bonchev–Trinajstić information content (AvgIpc) is 2.67. The summed E-state index contributed by atoms with van der Waals surface area (Å²) in [5, 5.41) is 0. The molecule has 0 aromatic carbocycles. The van der Waals surface area contributed by atoms with Gasteiger partial charge in [-0.15, -0.1) is 12.8 Å². The molecule has 2 aliphatic carbocycles. The van der Waals surface area contributed by atoms with Gasteiger partial charge in [-0.05, 0) is 0 Å². The topological polar surface area (TPSA) is 0 Å². The molecule has 13 heavy (non-hydrogen) atoms. The van der Waals surface area contributed by atoms with Crippen molar-refractivity contribution < 1.29 is 21.1 Å². The third-order valence-electron chi connectivity index (χ3n) is 1.17. The first-order chi connectivity index (χ1) is 5.00. The van der Waals surface area contributed by atoms with E-state index in [0.717, 1.165) is 12.8 Å². The van der Waals surface area contributed by atoms with Gasteiger partial charge in [0, 0.05) is 0 Å². The minimum atomic E-state index is 0. The van der Waals surface area contributed by atoms with E-state index in [1.807, 2.05) is 24.3 Å². The molecule has 0 radical (unpaired) electrons. The molecule has 0 saturated heterocycles. The summed E-state index contributed by atoms with van der Waals surface area (Å²) >= 11 is 0. The molecular weight excluding hydrogens is 240 g/mol. The van der Waals surface area contributed by atoms with Gasteiger partial charge in [0.15, 0.2) is 0 Å². The maximum atomic E-state index is 2.99. The van der Waals surface area contributed by atoms with Crippen LogP contribution in [0.25, 0.3) is 0 Å². The van der Waals surface area contributed by atoms with Crippen LogP contribution in [0.5, 0.6) is 0 Å². The zero-order valence-electron chi connectivity index (χ0n) is 8.29. The standard InChI is InChI=1S/2C5H5.2CH3.Mo/c2*1-2-4-5-3-1;;;/h2*1-3H,4H2;2*1H3;/q4*-1;+4. The van der Waals surface area contributed by atoms with Gasteiger partial charge in [0.2, 0.25) is 0 Å². The predicted molar refractivity (Wildman–Crippen MR) is 56.0 cm³/mol. The summed E-state index contributed by atoms with van der Waals surface area (Å²) in [7, 11) is 0. The Bertz CT molecular complexity index is 143. The molecule has 0 heterocycles. The smallest absolute Gasteiger partial charge is 0.358 e. The maximum absolute atomic E-state index is 2.99. The van der Waals surface area contributed by atoms with Gasteiger partial charge in [0.1, 0.15) is 0 Å². The summed E-state index contributed by atoms with van der Waals surface area (Å²) in [6, 6.07) is 0. The molecule has 0 amide bonds. The summed E-state index contributed by atoms with van der Waals surface area (Å²) < 4.78 is 0. The predicted octanol–water partition coefficient (Wildman–Crippen LogP) is 3.51. The van der Waals surface area contributed by atoms with E-state index in [0.29, 0.717) is 0 Å². The molecule has 2 rings (SSSR count). The van der Waals surface area contributed by atoms with Crippen molar-refractivity contribution in [3.8, 4) is 0 Å². The average molecular weight is 256 g/mol. The Balaban J connectivity index is -0.000000125. The van der Waals surface area contributed by atoms with Gasteiger partial charge < -0.3 is 14.9 Å². The first-order valence-corrected chi connectivity index (χ1v) is 3.43. The largest absolute Gasteiger partial charge is 4.00 e. The Hall–Kier alpha value is -0.352. The summed E-state index contributed by atoms with van der Waals surface area (Å²) in [6.07, 6.45) is 20.0. The molecule has 0 atom stereocenters. The molecule has 0 aliphatic heterocycles. The molecule has 70 valence electrons. The van der Waals surface area contributed by atoms with Gasteiger partial charge >= 0.3 is 21.1 Å². The van der Waals surface area contributed by atoms with Gasteiger partial charge in [-0.1, -0.05) is 0 Å². The minimum absolute atomic E-state index is 0. The molecule has 0 aromatic heterocycles. The molecule has 0 saturated carbocycles. The fourth-order valence-corrected chi connectivity index (χ4v) is 0.680. The normalized spacial score (nSPS) is 13.5. The SMILES string of the molecule is [C-]1=CC=CC1.[C-]1=CC=CC1.[CH3-].[CH3-].[Mo+4]. The van der Waals surface area contributed by atoms with Gasteiger partial charge in [-0.2, -0.15) is 12.2 Å². The van der Waals surface area contributed by atoms with Crippen LogP contribution < -0.4 is 0 Å². The van der Waals surface area contributed by atoms with Crippen molar-refractivity contribution in [2.45, 2.75) is 12.8 Å². The van der Waals surface area contributed by atoms with Crippen LogP contribution in [0, 0.1) is 27.0 Å². The van der Waals surface area contributed by atoms with E-state index in [1.165, 1.54) is 0 Å². The van der Waals surface area contributed by atoms with Crippen molar-refractivity contribution >= 4 is 0 Å². The van der Waals surface area contributed by atoms with Gasteiger partial charge in [0.25, 0.3) is 0 Å². The molecule has 0 N–H and O–H groups in total. The van der Waals surface area contributed by atoms with Crippen molar-refractivity contribution in [1.82, 2.24) is 0 Å². The van der Waals surface area contributed by atoms with Crippen LogP contribution in [0.3, 0.4) is 0 Å². The van der Waals surface area contributed by atoms with E-state index in [4.69, 9.17) is 0 Å². The Morgan fingerprint density at radius 3 is 1.23 bits per heavy atom. The monoisotopic (exact) mass is 258 g/mol. The van der Waals surface area contributed by atoms with Crippen LogP contribution in [-0.4, -0.2) is 0 Å². The van der Waals surface area contributed by atoms with E-state index >= 15 is 0 Å². The third-order valence-corrected chi connectivity index (χ3v) is 1.17. The fourth-order valence-electron chi connectivity index (χ4n) is 0.680. The first kappa shape index (κ1) is 18.4. The van der Waals surface area contributed by atoms with E-state index in [2.05, 4.69) is 24.3 Å². The van der Waals surface area contributed by atoms with Crippen molar-refractivity contribution in [2.75, 3.05) is 0 Å². The molecule has 0 fully saturated rings. The van der Waals surface area contributed by atoms with Crippen LogP contribution in [0.2, 0.25) is 0 Å². The fraction of sp³-hybridized carbons (Fsp3) is 0.167. The first-order valence-electron chi connectivity index (χ1n) is 3.43. The zero-order chi connectivity index (χ0) is 7.07. The molecule has 0 nitrogen and oxygen atoms in total. The van der Waals surface area contributed by atoms with Gasteiger partial charge in [-0.25, -0.2) is 24.3 Å². The summed E-state index contributed by atoms with van der Waals surface area (Å²) in [6.45, 7) is 0. The summed E-state index contributed by atoms with van der Waals surface area (Å²) in [5.74, 6) is 0. The quantitative estimate of drug-likeness (QED) is 0.459. The molecule has 2 aliphatic rings. The third kappa shape index (κ3) is 11.6. The van der Waals surface area contributed by atoms with Crippen molar-refractivity contribution in [1.29, 1.82) is 0 Å². The maximum Gasteiger partial charge on any atom is 4.00 e. The van der Waals surface area contributed by atoms with E-state index in [-0.39, 0.29) is 35.9 Å². The molecule has 0 unspecified atom stereocenters. The molecule has 1 heteroatoms. The molecular formula is C12H16Mo. The second-order valence-electron chi connectivity index (χ2n) is 2.01. The van der Waals surface area contributed by atoms with Crippen molar-refractivity contribution in [2.24, 2.45) is 0 Å². The van der Waals surface area contributed by atoms with Crippen LogP contribution in [0.1, 0.15) is 12.8 Å². The Morgan fingerprint density at radius 2 is 1.15 bits per heavy atom. The number of rotatable bonds is 0. The number of hydrogen-bond acceptors (Lipinski definition) is 0. The second-order valence-corrected chi connectivity index (χ2v) is 2.01. The van der Waals surface area contributed by atoms with Crippen LogP contribution in [0.4, 0.5) is 0 Å². The minimum Gasteiger partial charge on any atom is -0.358 e. The second kappa shape index (κ2) is 14.2. The van der Waals surface area contributed by atoms with Crippen LogP contribution >= 0.6 is 0 Å². The van der Waals surface area contributed by atoms with Crippen molar-refractivity contribution in [3.05, 3.63) is 63.5 Å². The van der Waals surface area contributed by atoms with Gasteiger partial charge in [0.05, 0.1) is 0 Å². The van der Waals surface area contributed by atoms with E-state index in [9.17, 15) is 0 Å². The Labute approximate surface area is 97.4 Å². The van der Waals surface area contributed by atoms with Crippen molar-refractivity contribution in [3.63, 3.8) is 0 Å². The molecule has 0 bridgehead atoms. The van der Waals surface area contributed by atoms with Gasteiger partial charge in [-0.3, -0.25) is 12.2 Å². The molecule has 0 aromatic rings. The zero-order valence-corrected chi connectivity index (χ0v) is 10.3. The number of allylic oxidation sites excluding steroid dienone is 8. The Kier molecular flexibility index (Phi) is 20.1. The number of hydrogen-bond donors (Lipinski definition) is 0. The van der Waals surface area contributed by atoms with E-state index < -0.39 is 0 Å².